The van der Waals surface area contributed by atoms with Gasteiger partial charge in [-0.3, -0.25) is 9.78 Å². The standard InChI is InChI=1S/C24H22N4O2/c29-23-22-6-2-1-4-19(22)14-27(23)13-17-7-9-21(10-8-17)26-24(30)28-15-20(16-28)18-5-3-11-25-12-18/h1-12,20H,13-16H2,(H,26,30). The fraction of sp³-hybridized carbons (Fsp3) is 0.208. The summed E-state index contributed by atoms with van der Waals surface area (Å²) in [4.78, 5) is 32.8. The average Bonchev–Trinajstić information content (AvgIpc) is 3.05. The quantitative estimate of drug-likeness (QED) is 0.726. The molecule has 5 rings (SSSR count). The molecule has 0 spiro atoms. The van der Waals surface area contributed by atoms with Crippen LogP contribution in [-0.2, 0) is 13.1 Å². The monoisotopic (exact) mass is 398 g/mol. The molecule has 0 radical (unpaired) electrons. The topological polar surface area (TPSA) is 65.5 Å². The van der Waals surface area contributed by atoms with Crippen LogP contribution in [0.5, 0.6) is 0 Å². The molecule has 1 aromatic heterocycles. The van der Waals surface area contributed by atoms with Crippen molar-refractivity contribution < 1.29 is 9.59 Å². The van der Waals surface area contributed by atoms with Gasteiger partial charge in [0.25, 0.3) is 5.91 Å². The first kappa shape index (κ1) is 18.4. The number of carbonyl (C=O) groups is 2. The predicted molar refractivity (Wildman–Crippen MR) is 114 cm³/mol. The van der Waals surface area contributed by atoms with Gasteiger partial charge in [0.05, 0.1) is 0 Å². The Morgan fingerprint density at radius 1 is 1.03 bits per heavy atom. The van der Waals surface area contributed by atoms with Gasteiger partial charge < -0.3 is 15.1 Å². The maximum atomic E-state index is 12.5. The molecule has 0 unspecified atom stereocenters. The number of aromatic nitrogens is 1. The second kappa shape index (κ2) is 7.63. The van der Waals surface area contributed by atoms with Crippen LogP contribution in [0.1, 0.15) is 33.0 Å². The van der Waals surface area contributed by atoms with Gasteiger partial charge in [-0.05, 0) is 41.0 Å². The van der Waals surface area contributed by atoms with Crippen LogP contribution in [0.25, 0.3) is 0 Å². The Morgan fingerprint density at radius 2 is 1.83 bits per heavy atom. The van der Waals surface area contributed by atoms with Gasteiger partial charge in [-0.15, -0.1) is 0 Å². The van der Waals surface area contributed by atoms with Crippen molar-refractivity contribution in [2.24, 2.45) is 0 Å². The van der Waals surface area contributed by atoms with Gasteiger partial charge in [0, 0.05) is 55.7 Å². The van der Waals surface area contributed by atoms with Gasteiger partial charge in [-0.25, -0.2) is 4.79 Å². The number of nitrogens with zero attached hydrogens (tertiary/aromatic N) is 3. The van der Waals surface area contributed by atoms with Crippen molar-refractivity contribution >= 4 is 17.6 Å². The Hall–Kier alpha value is -3.67. The molecule has 0 bridgehead atoms. The van der Waals surface area contributed by atoms with Crippen molar-refractivity contribution in [2.45, 2.75) is 19.0 Å². The molecule has 3 aromatic rings. The molecule has 0 saturated carbocycles. The molecule has 30 heavy (non-hydrogen) atoms. The minimum atomic E-state index is -0.0898. The molecule has 150 valence electrons. The molecule has 6 heteroatoms. The minimum Gasteiger partial charge on any atom is -0.330 e. The molecule has 1 fully saturated rings. The zero-order chi connectivity index (χ0) is 20.5. The van der Waals surface area contributed by atoms with Gasteiger partial charge >= 0.3 is 6.03 Å². The minimum absolute atomic E-state index is 0.0731. The van der Waals surface area contributed by atoms with E-state index in [9.17, 15) is 9.59 Å². The van der Waals surface area contributed by atoms with E-state index in [1.807, 2.05) is 65.7 Å². The van der Waals surface area contributed by atoms with E-state index in [1.54, 1.807) is 11.1 Å². The SMILES string of the molecule is O=C(Nc1ccc(CN2Cc3ccccc3C2=O)cc1)N1CC(c2cccnc2)C1. The second-order valence-electron chi connectivity index (χ2n) is 7.83. The first-order valence-electron chi connectivity index (χ1n) is 10.1. The lowest BCUT2D eigenvalue weighted by molar-refractivity contribution is 0.0766. The Kier molecular flexibility index (Phi) is 4.67. The third kappa shape index (κ3) is 3.52. The van der Waals surface area contributed by atoms with E-state index < -0.39 is 0 Å². The summed E-state index contributed by atoms with van der Waals surface area (Å²) >= 11 is 0. The van der Waals surface area contributed by atoms with Crippen LogP contribution in [0.4, 0.5) is 10.5 Å². The Morgan fingerprint density at radius 3 is 2.57 bits per heavy atom. The highest BCUT2D eigenvalue weighted by Crippen LogP contribution is 2.27. The van der Waals surface area contributed by atoms with Gasteiger partial charge in [0.15, 0.2) is 0 Å². The van der Waals surface area contributed by atoms with Crippen LogP contribution < -0.4 is 5.32 Å². The molecule has 1 N–H and O–H groups in total. The molecular formula is C24H22N4O2. The molecule has 2 aliphatic heterocycles. The van der Waals surface area contributed by atoms with E-state index in [0.717, 1.165) is 22.4 Å². The molecule has 6 nitrogen and oxygen atoms in total. The van der Waals surface area contributed by atoms with E-state index in [2.05, 4.69) is 16.4 Å². The van der Waals surface area contributed by atoms with Gasteiger partial charge in [-0.1, -0.05) is 36.4 Å². The molecule has 0 aliphatic carbocycles. The summed E-state index contributed by atoms with van der Waals surface area (Å²) in [5, 5.41) is 2.95. The zero-order valence-corrected chi connectivity index (χ0v) is 16.5. The van der Waals surface area contributed by atoms with E-state index in [0.29, 0.717) is 32.1 Å². The van der Waals surface area contributed by atoms with Gasteiger partial charge in [-0.2, -0.15) is 0 Å². The number of carbonyl (C=O) groups excluding carboxylic acids is 2. The Bertz CT molecular complexity index is 1080. The molecule has 0 atom stereocenters. The number of anilines is 1. The first-order chi connectivity index (χ1) is 14.7. The number of hydrogen-bond donors (Lipinski definition) is 1. The highest BCUT2D eigenvalue weighted by molar-refractivity contribution is 5.98. The largest absolute Gasteiger partial charge is 0.330 e. The summed E-state index contributed by atoms with van der Waals surface area (Å²) in [6.07, 6.45) is 3.62. The first-order valence-corrected chi connectivity index (χ1v) is 10.1. The highest BCUT2D eigenvalue weighted by atomic mass is 16.2. The number of benzene rings is 2. The lowest BCUT2D eigenvalue weighted by atomic mass is 9.93. The van der Waals surface area contributed by atoms with Crippen molar-refractivity contribution in [1.82, 2.24) is 14.8 Å². The third-order valence-corrected chi connectivity index (χ3v) is 5.80. The number of amides is 3. The van der Waals surface area contributed by atoms with Crippen LogP contribution in [0, 0.1) is 0 Å². The molecule has 3 amide bonds. The third-order valence-electron chi connectivity index (χ3n) is 5.80. The van der Waals surface area contributed by atoms with Crippen molar-refractivity contribution in [3.8, 4) is 0 Å². The summed E-state index contributed by atoms with van der Waals surface area (Å²) in [6, 6.07) is 19.3. The number of fused-ring (bicyclic) bond motifs is 1. The van der Waals surface area contributed by atoms with Crippen molar-refractivity contribution in [3.63, 3.8) is 0 Å². The predicted octanol–water partition coefficient (Wildman–Crippen LogP) is 3.87. The smallest absolute Gasteiger partial charge is 0.321 e. The van der Waals surface area contributed by atoms with E-state index >= 15 is 0 Å². The second-order valence-corrected chi connectivity index (χ2v) is 7.83. The highest BCUT2D eigenvalue weighted by Gasteiger charge is 2.32. The summed E-state index contributed by atoms with van der Waals surface area (Å²) in [5.41, 5.74) is 4.83. The molecular weight excluding hydrogens is 376 g/mol. The van der Waals surface area contributed by atoms with Crippen molar-refractivity contribution in [3.05, 3.63) is 95.3 Å². The van der Waals surface area contributed by atoms with Crippen LogP contribution in [-0.4, -0.2) is 39.8 Å². The number of urea groups is 1. The van der Waals surface area contributed by atoms with E-state index in [4.69, 9.17) is 0 Å². The number of likely N-dealkylation sites (tertiary alicyclic amines) is 1. The van der Waals surface area contributed by atoms with Gasteiger partial charge in [0.1, 0.15) is 0 Å². The Balaban J connectivity index is 1.15. The van der Waals surface area contributed by atoms with Crippen LogP contribution in [0.15, 0.2) is 73.1 Å². The lowest BCUT2D eigenvalue weighted by Gasteiger charge is -2.39. The normalized spacial score (nSPS) is 15.7. The average molecular weight is 398 g/mol. The summed E-state index contributed by atoms with van der Waals surface area (Å²) < 4.78 is 0. The van der Waals surface area contributed by atoms with Crippen LogP contribution >= 0.6 is 0 Å². The summed E-state index contributed by atoms with van der Waals surface area (Å²) in [6.45, 7) is 2.60. The number of pyridine rings is 1. The molecule has 2 aromatic carbocycles. The number of hydrogen-bond acceptors (Lipinski definition) is 3. The Labute approximate surface area is 175 Å². The number of nitrogens with one attached hydrogen (secondary N) is 1. The summed E-state index contributed by atoms with van der Waals surface area (Å²) in [5.74, 6) is 0.429. The maximum absolute atomic E-state index is 12.5. The lowest BCUT2D eigenvalue weighted by Crippen LogP contribution is -2.50. The number of rotatable bonds is 4. The molecule has 3 heterocycles. The fourth-order valence-electron chi connectivity index (χ4n) is 4.03. The van der Waals surface area contributed by atoms with E-state index in [-0.39, 0.29) is 11.9 Å². The van der Waals surface area contributed by atoms with E-state index in [1.165, 1.54) is 5.56 Å². The van der Waals surface area contributed by atoms with Crippen molar-refractivity contribution in [2.75, 3.05) is 18.4 Å². The van der Waals surface area contributed by atoms with Crippen LogP contribution in [0.2, 0.25) is 0 Å². The zero-order valence-electron chi connectivity index (χ0n) is 16.5. The van der Waals surface area contributed by atoms with Crippen molar-refractivity contribution in [1.29, 1.82) is 0 Å². The molecule has 2 aliphatic rings. The van der Waals surface area contributed by atoms with Crippen LogP contribution in [0.3, 0.4) is 0 Å². The molecule has 1 saturated heterocycles. The maximum Gasteiger partial charge on any atom is 0.321 e. The summed E-state index contributed by atoms with van der Waals surface area (Å²) in [7, 11) is 0. The fourth-order valence-corrected chi connectivity index (χ4v) is 4.03. The van der Waals surface area contributed by atoms with Gasteiger partial charge in [0.2, 0.25) is 0 Å².